The number of methoxy groups -OCH3 is 1. The Bertz CT molecular complexity index is 439. The number of hydrogen-bond donors (Lipinski definition) is 2. The molecule has 1 fully saturated rings. The van der Waals surface area contributed by atoms with Crippen LogP contribution in [0.25, 0.3) is 0 Å². The van der Waals surface area contributed by atoms with Crippen LogP contribution >= 0.6 is 31.9 Å². The maximum Gasteiger partial charge on any atom is 0.324 e. The van der Waals surface area contributed by atoms with Gasteiger partial charge in [0.1, 0.15) is 6.04 Å². The van der Waals surface area contributed by atoms with E-state index in [-0.39, 0.29) is 18.1 Å². The lowest BCUT2D eigenvalue weighted by molar-refractivity contribution is -0.142. The van der Waals surface area contributed by atoms with Crippen LogP contribution in [-0.2, 0) is 9.53 Å². The smallest absolute Gasteiger partial charge is 0.324 e. The molecular weight excluding hydrogens is 352 g/mol. The zero-order chi connectivity index (χ0) is 12.4. The molecule has 0 aliphatic carbocycles. The van der Waals surface area contributed by atoms with Crippen LogP contribution in [0.2, 0.25) is 0 Å². The predicted molar refractivity (Wildman–Crippen MR) is 71.3 cm³/mol. The molecule has 6 heteroatoms. The standard InChI is InChI=1S/C11H12Br2N2O2/c1-17-11(16)10-5-9(14-15-10)6-2-3-7(12)8(13)4-6/h2-4,9-10,14-15H,5H2,1H3. The lowest BCUT2D eigenvalue weighted by Crippen LogP contribution is -2.36. The highest BCUT2D eigenvalue weighted by Gasteiger charge is 2.30. The van der Waals surface area contributed by atoms with Crippen LogP contribution in [0.15, 0.2) is 27.1 Å². The molecule has 0 spiro atoms. The Balaban J connectivity index is 2.10. The van der Waals surface area contributed by atoms with E-state index in [0.29, 0.717) is 6.42 Å². The topological polar surface area (TPSA) is 50.4 Å². The predicted octanol–water partition coefficient (Wildman–Crippen LogP) is 2.29. The third-order valence-electron chi connectivity index (χ3n) is 2.73. The fraction of sp³-hybridized carbons (Fsp3) is 0.364. The van der Waals surface area contributed by atoms with Crippen LogP contribution in [0, 0.1) is 0 Å². The molecule has 1 saturated heterocycles. The number of ether oxygens (including phenoxy) is 1. The lowest BCUT2D eigenvalue weighted by atomic mass is 10.0. The minimum Gasteiger partial charge on any atom is -0.468 e. The molecule has 0 amide bonds. The van der Waals surface area contributed by atoms with Crippen LogP contribution in [0.5, 0.6) is 0 Å². The molecule has 1 aromatic rings. The summed E-state index contributed by atoms with van der Waals surface area (Å²) in [5, 5.41) is 0. The Morgan fingerprint density at radius 2 is 2.12 bits per heavy atom. The van der Waals surface area contributed by atoms with Crippen molar-refractivity contribution in [3.05, 3.63) is 32.7 Å². The van der Waals surface area contributed by atoms with Gasteiger partial charge in [-0.3, -0.25) is 4.79 Å². The summed E-state index contributed by atoms with van der Waals surface area (Å²) in [5.41, 5.74) is 7.16. The molecule has 17 heavy (non-hydrogen) atoms. The lowest BCUT2D eigenvalue weighted by Gasteiger charge is -2.10. The first-order valence-corrected chi connectivity index (χ1v) is 6.74. The Hall–Kier alpha value is -0.430. The molecule has 2 rings (SSSR count). The van der Waals surface area contributed by atoms with Gasteiger partial charge in [-0.2, -0.15) is 0 Å². The minimum absolute atomic E-state index is 0.114. The second kappa shape index (κ2) is 5.48. The molecule has 1 heterocycles. The van der Waals surface area contributed by atoms with Gasteiger partial charge >= 0.3 is 5.97 Å². The summed E-state index contributed by atoms with van der Waals surface area (Å²) >= 11 is 6.89. The van der Waals surface area contributed by atoms with Crippen LogP contribution < -0.4 is 10.9 Å². The zero-order valence-electron chi connectivity index (χ0n) is 9.17. The van der Waals surface area contributed by atoms with E-state index in [1.807, 2.05) is 18.2 Å². The van der Waals surface area contributed by atoms with Crippen molar-refractivity contribution in [3.63, 3.8) is 0 Å². The number of nitrogens with one attached hydrogen (secondary N) is 2. The van der Waals surface area contributed by atoms with Crippen LogP contribution in [0.4, 0.5) is 0 Å². The first-order chi connectivity index (χ1) is 8.11. The van der Waals surface area contributed by atoms with Gasteiger partial charge in [0.25, 0.3) is 0 Å². The summed E-state index contributed by atoms with van der Waals surface area (Å²) in [7, 11) is 1.40. The highest BCUT2D eigenvalue weighted by Crippen LogP contribution is 2.29. The molecule has 2 unspecified atom stereocenters. The zero-order valence-corrected chi connectivity index (χ0v) is 12.3. The van der Waals surface area contributed by atoms with Gasteiger partial charge in [-0.25, -0.2) is 10.9 Å². The average molecular weight is 364 g/mol. The third kappa shape index (κ3) is 2.88. The van der Waals surface area contributed by atoms with E-state index in [2.05, 4.69) is 42.7 Å². The van der Waals surface area contributed by atoms with Gasteiger partial charge in [-0.15, -0.1) is 0 Å². The molecule has 1 aliphatic heterocycles. The number of hydrogen-bond acceptors (Lipinski definition) is 4. The Morgan fingerprint density at radius 1 is 1.35 bits per heavy atom. The van der Waals surface area contributed by atoms with Crippen LogP contribution in [0.3, 0.4) is 0 Å². The SMILES string of the molecule is COC(=O)C1CC(c2ccc(Br)c(Br)c2)NN1. The molecule has 92 valence electrons. The normalized spacial score (nSPS) is 23.7. The van der Waals surface area contributed by atoms with Crippen molar-refractivity contribution in [1.82, 2.24) is 10.9 Å². The van der Waals surface area contributed by atoms with Gasteiger partial charge in [0.15, 0.2) is 0 Å². The molecule has 1 aliphatic rings. The molecule has 0 aromatic heterocycles. The molecule has 4 nitrogen and oxygen atoms in total. The number of carbonyl (C=O) groups excluding carboxylic acids is 1. The van der Waals surface area contributed by atoms with Crippen molar-refractivity contribution in [1.29, 1.82) is 0 Å². The molecule has 0 bridgehead atoms. The summed E-state index contributed by atoms with van der Waals surface area (Å²) in [5.74, 6) is -0.240. The first-order valence-electron chi connectivity index (χ1n) is 5.15. The van der Waals surface area contributed by atoms with Gasteiger partial charge in [0.05, 0.1) is 7.11 Å². The largest absolute Gasteiger partial charge is 0.468 e. The molecule has 1 aromatic carbocycles. The van der Waals surface area contributed by atoms with E-state index in [1.165, 1.54) is 7.11 Å². The maximum atomic E-state index is 11.4. The van der Waals surface area contributed by atoms with E-state index in [9.17, 15) is 4.79 Å². The fourth-order valence-corrected chi connectivity index (χ4v) is 2.44. The first kappa shape index (κ1) is 13.0. The molecule has 2 atom stereocenters. The minimum atomic E-state index is -0.285. The average Bonchev–Trinajstić information content (AvgIpc) is 2.81. The number of rotatable bonds is 2. The number of carbonyl (C=O) groups is 1. The Kier molecular flexibility index (Phi) is 4.19. The highest BCUT2D eigenvalue weighted by molar-refractivity contribution is 9.13. The third-order valence-corrected chi connectivity index (χ3v) is 4.61. The van der Waals surface area contributed by atoms with Gasteiger partial charge in [0.2, 0.25) is 0 Å². The van der Waals surface area contributed by atoms with E-state index in [0.717, 1.165) is 14.5 Å². The fourth-order valence-electron chi connectivity index (χ4n) is 1.80. The van der Waals surface area contributed by atoms with Crippen molar-refractivity contribution >= 4 is 37.8 Å². The van der Waals surface area contributed by atoms with Gasteiger partial charge in [-0.1, -0.05) is 6.07 Å². The molecule has 2 N–H and O–H groups in total. The monoisotopic (exact) mass is 362 g/mol. The summed E-state index contributed by atoms with van der Waals surface area (Å²) in [6, 6.07) is 5.86. The van der Waals surface area contributed by atoms with E-state index in [1.54, 1.807) is 0 Å². The summed E-state index contributed by atoms with van der Waals surface area (Å²) in [6.45, 7) is 0. The van der Waals surface area contributed by atoms with Crippen molar-refractivity contribution in [2.75, 3.05) is 7.11 Å². The Morgan fingerprint density at radius 3 is 2.76 bits per heavy atom. The second-order valence-electron chi connectivity index (χ2n) is 3.83. The van der Waals surface area contributed by atoms with Crippen molar-refractivity contribution in [2.45, 2.75) is 18.5 Å². The van der Waals surface area contributed by atoms with Crippen LogP contribution in [0.1, 0.15) is 18.0 Å². The van der Waals surface area contributed by atoms with Crippen molar-refractivity contribution in [3.8, 4) is 0 Å². The van der Waals surface area contributed by atoms with E-state index < -0.39 is 0 Å². The number of benzene rings is 1. The van der Waals surface area contributed by atoms with Crippen LogP contribution in [-0.4, -0.2) is 19.1 Å². The van der Waals surface area contributed by atoms with Crippen molar-refractivity contribution in [2.24, 2.45) is 0 Å². The van der Waals surface area contributed by atoms with E-state index >= 15 is 0 Å². The van der Waals surface area contributed by atoms with E-state index in [4.69, 9.17) is 4.74 Å². The molecular formula is C11H12Br2N2O2. The summed E-state index contributed by atoms with van der Waals surface area (Å²) in [4.78, 5) is 11.4. The summed E-state index contributed by atoms with van der Waals surface area (Å²) < 4.78 is 6.71. The highest BCUT2D eigenvalue weighted by atomic mass is 79.9. The van der Waals surface area contributed by atoms with Gasteiger partial charge < -0.3 is 4.74 Å². The second-order valence-corrected chi connectivity index (χ2v) is 5.53. The van der Waals surface area contributed by atoms with Gasteiger partial charge in [0, 0.05) is 15.0 Å². The molecule has 0 saturated carbocycles. The number of esters is 1. The number of hydrazine groups is 1. The number of halogens is 2. The molecule has 0 radical (unpaired) electrons. The Labute approximate surface area is 116 Å². The maximum absolute atomic E-state index is 11.4. The van der Waals surface area contributed by atoms with Crippen molar-refractivity contribution < 1.29 is 9.53 Å². The summed E-state index contributed by atoms with van der Waals surface area (Å²) in [6.07, 6.45) is 0.681. The quantitative estimate of drug-likeness (QED) is 0.791. The van der Waals surface area contributed by atoms with Gasteiger partial charge in [-0.05, 0) is 56.0 Å².